The molecular weight excluding hydrogens is 861 g/mol. The van der Waals surface area contributed by atoms with E-state index in [4.69, 9.17) is 28.4 Å². The minimum Gasteiger partial charge on any atom is -0.457 e. The van der Waals surface area contributed by atoms with Crippen molar-refractivity contribution in [3.63, 3.8) is 0 Å². The van der Waals surface area contributed by atoms with Gasteiger partial charge in [0.05, 0.1) is 26.4 Å². The van der Waals surface area contributed by atoms with E-state index in [1.165, 1.54) is 70.6 Å². The van der Waals surface area contributed by atoms with Gasteiger partial charge in [0.1, 0.15) is 54.9 Å². The number of esters is 1. The van der Waals surface area contributed by atoms with E-state index < -0.39 is 86.7 Å². The quantitative estimate of drug-likeness (QED) is 0.0178. The fourth-order valence-electron chi connectivity index (χ4n) is 7.84. The third-order valence-corrected chi connectivity index (χ3v) is 12.0. The van der Waals surface area contributed by atoms with Crippen molar-refractivity contribution in [3.05, 3.63) is 60.8 Å². The van der Waals surface area contributed by atoms with E-state index >= 15 is 0 Å². The van der Waals surface area contributed by atoms with Crippen LogP contribution in [-0.4, -0.2) is 142 Å². The van der Waals surface area contributed by atoms with Crippen LogP contribution >= 0.6 is 0 Å². The second-order valence-electron chi connectivity index (χ2n) is 18.0. The van der Waals surface area contributed by atoms with Gasteiger partial charge < -0.3 is 64.2 Å². The van der Waals surface area contributed by atoms with Gasteiger partial charge in [-0.15, -0.1) is 0 Å². The van der Waals surface area contributed by atoms with Gasteiger partial charge in [-0.3, -0.25) is 4.79 Å². The van der Waals surface area contributed by atoms with Crippen molar-refractivity contribution in [1.82, 2.24) is 0 Å². The average Bonchev–Trinajstić information content (AvgIpc) is 3.32. The van der Waals surface area contributed by atoms with E-state index in [0.717, 1.165) is 70.6 Å². The molecule has 0 bridgehead atoms. The van der Waals surface area contributed by atoms with Crippen LogP contribution in [-0.2, 0) is 33.2 Å². The number of ether oxygens (including phenoxy) is 6. The van der Waals surface area contributed by atoms with Crippen LogP contribution in [0.2, 0.25) is 0 Å². The zero-order chi connectivity index (χ0) is 48.7. The van der Waals surface area contributed by atoms with Crippen LogP contribution in [0, 0.1) is 0 Å². The van der Waals surface area contributed by atoms with Gasteiger partial charge in [-0.25, -0.2) is 0 Å². The molecule has 388 valence electrons. The highest BCUT2D eigenvalue weighted by atomic mass is 16.7. The van der Waals surface area contributed by atoms with Gasteiger partial charge >= 0.3 is 5.97 Å². The minimum atomic E-state index is -1.72. The van der Waals surface area contributed by atoms with Crippen molar-refractivity contribution in [3.8, 4) is 0 Å². The maximum absolute atomic E-state index is 13.0. The first-order valence-corrected chi connectivity index (χ1v) is 25.9. The number of hydrogen-bond acceptors (Lipinski definition) is 14. The highest BCUT2D eigenvalue weighted by molar-refractivity contribution is 5.69. The summed E-state index contributed by atoms with van der Waals surface area (Å²) >= 11 is 0. The first kappa shape index (κ1) is 60.8. The lowest BCUT2D eigenvalue weighted by molar-refractivity contribution is -0.332. The summed E-state index contributed by atoms with van der Waals surface area (Å²) in [5, 5.41) is 72.1. The Morgan fingerprint density at radius 2 is 0.970 bits per heavy atom. The van der Waals surface area contributed by atoms with E-state index in [-0.39, 0.29) is 19.6 Å². The summed E-state index contributed by atoms with van der Waals surface area (Å²) < 4.78 is 34.2. The molecule has 2 fully saturated rings. The van der Waals surface area contributed by atoms with Gasteiger partial charge in [-0.05, 0) is 57.8 Å². The fourth-order valence-corrected chi connectivity index (χ4v) is 7.84. The molecule has 7 N–H and O–H groups in total. The van der Waals surface area contributed by atoms with Gasteiger partial charge in [0.2, 0.25) is 0 Å². The molecule has 11 atom stereocenters. The van der Waals surface area contributed by atoms with Crippen LogP contribution in [0.25, 0.3) is 0 Å². The molecule has 0 aromatic rings. The average molecular weight is 953 g/mol. The predicted octanol–water partition coefficient (Wildman–Crippen LogP) is 7.74. The highest BCUT2D eigenvalue weighted by Crippen LogP contribution is 2.26. The number of carbonyl (C=O) groups excluding carboxylic acids is 1. The number of hydrogen-bond donors (Lipinski definition) is 7. The standard InChI is InChI=1S/C53H92O14/c1-3-5-7-9-11-13-15-17-19-20-21-23-25-27-29-31-33-35-37-62-39-42(65-45(55)36-34-32-30-28-26-24-22-18-16-14-12-10-8-6-4-2)40-63-52-51(61)49(59)47(57)44(67-52)41-64-53-50(60)48(58)46(56)43(38-54)66-53/h5,7,11,13,17,19,21,23,27,29,42-44,46-54,56-61H,3-4,6,8-10,12,14-16,18,20,22,24-26,28,30-41H2,1-2H3/b7-5-,13-11-,19-17-,23-21-,29-27-. The Bertz CT molecular complexity index is 1340. The zero-order valence-corrected chi connectivity index (χ0v) is 41.1. The van der Waals surface area contributed by atoms with Crippen LogP contribution in [0.15, 0.2) is 60.8 Å². The van der Waals surface area contributed by atoms with Crippen molar-refractivity contribution < 1.29 is 69.0 Å². The van der Waals surface area contributed by atoms with E-state index in [2.05, 4.69) is 74.6 Å². The molecule has 67 heavy (non-hydrogen) atoms. The summed E-state index contributed by atoms with van der Waals surface area (Å²) in [4.78, 5) is 13.0. The minimum absolute atomic E-state index is 0.0317. The molecule has 0 spiro atoms. The van der Waals surface area contributed by atoms with Crippen molar-refractivity contribution in [2.24, 2.45) is 0 Å². The molecule has 11 unspecified atom stereocenters. The molecule has 2 heterocycles. The first-order chi connectivity index (χ1) is 32.6. The van der Waals surface area contributed by atoms with Gasteiger partial charge in [0, 0.05) is 13.0 Å². The van der Waals surface area contributed by atoms with Crippen molar-refractivity contribution in [1.29, 1.82) is 0 Å². The SMILES string of the molecule is CC/C=C\C/C=C\C/C=C\C/C=C\C/C=C\CCCCOCC(COC1OC(COC2OC(CO)C(O)C(O)C2O)C(O)C(O)C1O)OC(=O)CCCCCCCCCCCCCCCCC. The lowest BCUT2D eigenvalue weighted by Crippen LogP contribution is -2.61. The van der Waals surface area contributed by atoms with Gasteiger partial charge in [0.25, 0.3) is 0 Å². The summed E-state index contributed by atoms with van der Waals surface area (Å²) in [6.07, 6.45) is 31.4. The molecule has 0 amide bonds. The zero-order valence-electron chi connectivity index (χ0n) is 41.1. The lowest BCUT2D eigenvalue weighted by atomic mass is 9.98. The predicted molar refractivity (Wildman–Crippen MR) is 261 cm³/mol. The second-order valence-corrected chi connectivity index (χ2v) is 18.0. The van der Waals surface area contributed by atoms with Crippen LogP contribution in [0.5, 0.6) is 0 Å². The Morgan fingerprint density at radius 1 is 0.507 bits per heavy atom. The van der Waals surface area contributed by atoms with Crippen LogP contribution in [0.3, 0.4) is 0 Å². The Kier molecular flexibility index (Phi) is 36.7. The summed E-state index contributed by atoms with van der Waals surface area (Å²) in [6, 6.07) is 0. The molecule has 2 saturated heterocycles. The van der Waals surface area contributed by atoms with Crippen LogP contribution in [0.4, 0.5) is 0 Å². The maximum atomic E-state index is 13.0. The number of rotatable bonds is 40. The van der Waals surface area contributed by atoms with E-state index in [1.54, 1.807) is 0 Å². The summed E-state index contributed by atoms with van der Waals surface area (Å²) in [5.41, 5.74) is 0. The van der Waals surface area contributed by atoms with E-state index in [1.807, 2.05) is 0 Å². The van der Waals surface area contributed by atoms with Gasteiger partial charge in [-0.2, -0.15) is 0 Å². The van der Waals surface area contributed by atoms with Crippen molar-refractivity contribution in [2.45, 2.75) is 235 Å². The monoisotopic (exact) mass is 953 g/mol. The Labute approximate surface area is 403 Å². The molecule has 0 saturated carbocycles. The summed E-state index contributed by atoms with van der Waals surface area (Å²) in [7, 11) is 0. The molecule has 0 aliphatic carbocycles. The smallest absolute Gasteiger partial charge is 0.306 e. The molecule has 2 aliphatic rings. The summed E-state index contributed by atoms with van der Waals surface area (Å²) in [6.45, 7) is 3.46. The summed E-state index contributed by atoms with van der Waals surface area (Å²) in [5.74, 6) is -0.392. The number of allylic oxidation sites excluding steroid dienone is 10. The Morgan fingerprint density at radius 3 is 1.49 bits per heavy atom. The lowest BCUT2D eigenvalue weighted by Gasteiger charge is -2.42. The van der Waals surface area contributed by atoms with E-state index in [9.17, 15) is 40.5 Å². The van der Waals surface area contributed by atoms with Crippen LogP contribution in [0.1, 0.15) is 168 Å². The topological polar surface area (TPSA) is 214 Å². The molecule has 14 nitrogen and oxygen atoms in total. The van der Waals surface area contributed by atoms with Crippen molar-refractivity contribution >= 4 is 5.97 Å². The van der Waals surface area contributed by atoms with E-state index in [0.29, 0.717) is 13.0 Å². The van der Waals surface area contributed by atoms with Gasteiger partial charge in [0.15, 0.2) is 12.6 Å². The second kappa shape index (κ2) is 40.4. The third kappa shape index (κ3) is 28.2. The highest BCUT2D eigenvalue weighted by Gasteiger charge is 2.47. The van der Waals surface area contributed by atoms with Crippen LogP contribution < -0.4 is 0 Å². The Balaban J connectivity index is 1.79. The van der Waals surface area contributed by atoms with Gasteiger partial charge in [-0.1, -0.05) is 164 Å². The number of aliphatic hydroxyl groups is 7. The molecule has 2 rings (SSSR count). The molecule has 0 aromatic carbocycles. The maximum Gasteiger partial charge on any atom is 0.306 e. The third-order valence-electron chi connectivity index (χ3n) is 12.0. The molecule has 2 aliphatic heterocycles. The number of unbranched alkanes of at least 4 members (excludes halogenated alkanes) is 16. The first-order valence-electron chi connectivity index (χ1n) is 25.9. The molecule has 0 aromatic heterocycles. The molecule has 14 heteroatoms. The fraction of sp³-hybridized carbons (Fsp3) is 0.792. The van der Waals surface area contributed by atoms with Crippen molar-refractivity contribution in [2.75, 3.05) is 33.0 Å². The molecular formula is C53H92O14. The Hall–Kier alpha value is -2.31. The number of carbonyl (C=O) groups is 1. The largest absolute Gasteiger partial charge is 0.457 e. The normalized spacial score (nSPS) is 26.6. The molecule has 0 radical (unpaired) electrons. The number of aliphatic hydroxyl groups excluding tert-OH is 7.